The van der Waals surface area contributed by atoms with Gasteiger partial charge in [0, 0.05) is 18.3 Å². The highest BCUT2D eigenvalue weighted by atomic mass is 16.4. The minimum atomic E-state index is -1.59. The number of hydrogen-bond acceptors (Lipinski definition) is 8. The molecule has 0 bridgehead atoms. The number of H-pyrrole nitrogens is 1. The van der Waals surface area contributed by atoms with Gasteiger partial charge in [-0.15, -0.1) is 0 Å². The maximum absolute atomic E-state index is 12.6. The molecular formula is C17H28N6O7. The summed E-state index contributed by atoms with van der Waals surface area (Å²) in [5.41, 5.74) is 6.49. The lowest BCUT2D eigenvalue weighted by atomic mass is 10.0. The van der Waals surface area contributed by atoms with Gasteiger partial charge < -0.3 is 42.0 Å². The van der Waals surface area contributed by atoms with Crippen molar-refractivity contribution in [3.8, 4) is 0 Å². The van der Waals surface area contributed by atoms with Crippen molar-refractivity contribution in [2.75, 3.05) is 13.2 Å². The second-order valence-corrected chi connectivity index (χ2v) is 6.94. The Hall–Kier alpha value is -3.03. The highest BCUT2D eigenvalue weighted by molar-refractivity contribution is 5.94. The van der Waals surface area contributed by atoms with E-state index in [2.05, 4.69) is 20.6 Å². The quantitative estimate of drug-likeness (QED) is 0.165. The second kappa shape index (κ2) is 11.8. The van der Waals surface area contributed by atoms with Crippen molar-refractivity contribution >= 4 is 23.7 Å². The second-order valence-electron chi connectivity index (χ2n) is 6.94. The Morgan fingerprint density at radius 1 is 1.03 bits per heavy atom. The number of aliphatic hydroxyl groups is 2. The molecule has 1 aromatic rings. The molecule has 13 heteroatoms. The average molecular weight is 428 g/mol. The van der Waals surface area contributed by atoms with Crippen molar-refractivity contribution in [3.63, 3.8) is 0 Å². The summed E-state index contributed by atoms with van der Waals surface area (Å²) in [6.07, 6.45) is 3.12. The van der Waals surface area contributed by atoms with Crippen molar-refractivity contribution in [2.45, 2.75) is 44.4 Å². The fourth-order valence-corrected chi connectivity index (χ4v) is 2.43. The molecule has 0 aromatic carbocycles. The van der Waals surface area contributed by atoms with Crippen LogP contribution in [0.3, 0.4) is 0 Å². The number of rotatable bonds is 12. The molecule has 0 aliphatic carbocycles. The third-order valence-electron chi connectivity index (χ3n) is 4.19. The first-order valence-corrected chi connectivity index (χ1v) is 9.19. The van der Waals surface area contributed by atoms with E-state index in [1.165, 1.54) is 12.5 Å². The van der Waals surface area contributed by atoms with Gasteiger partial charge in [-0.3, -0.25) is 14.4 Å². The lowest BCUT2D eigenvalue weighted by molar-refractivity contribution is -0.143. The first kappa shape index (κ1) is 25.0. The lowest BCUT2D eigenvalue weighted by Crippen LogP contribution is -2.59. The van der Waals surface area contributed by atoms with Crippen LogP contribution in [0.2, 0.25) is 0 Å². The van der Waals surface area contributed by atoms with E-state index in [4.69, 9.17) is 15.9 Å². The number of aromatic nitrogens is 2. The van der Waals surface area contributed by atoms with E-state index < -0.39 is 61.1 Å². The van der Waals surface area contributed by atoms with E-state index in [0.717, 1.165) is 0 Å². The molecule has 168 valence electrons. The molecule has 0 aliphatic rings. The van der Waals surface area contributed by atoms with Crippen LogP contribution < -0.4 is 21.7 Å². The summed E-state index contributed by atoms with van der Waals surface area (Å²) in [4.78, 5) is 54.6. The number of carboxylic acids is 1. The van der Waals surface area contributed by atoms with E-state index in [1.807, 2.05) is 5.32 Å². The molecule has 1 aromatic heterocycles. The molecule has 4 unspecified atom stereocenters. The fraction of sp³-hybridized carbons (Fsp3) is 0.588. The lowest BCUT2D eigenvalue weighted by Gasteiger charge is -2.26. The summed E-state index contributed by atoms with van der Waals surface area (Å²) < 4.78 is 0. The predicted molar refractivity (Wildman–Crippen MR) is 103 cm³/mol. The minimum absolute atomic E-state index is 0.164. The van der Waals surface area contributed by atoms with Crippen molar-refractivity contribution in [1.82, 2.24) is 25.9 Å². The molecule has 0 radical (unpaired) electrons. The molecule has 3 amide bonds. The number of nitrogens with two attached hydrogens (primary N) is 1. The van der Waals surface area contributed by atoms with Gasteiger partial charge in [-0.25, -0.2) is 9.78 Å². The summed E-state index contributed by atoms with van der Waals surface area (Å²) in [5, 5.41) is 34.0. The van der Waals surface area contributed by atoms with Gasteiger partial charge in [-0.1, -0.05) is 13.8 Å². The number of aromatic amines is 1. The maximum Gasteiger partial charge on any atom is 0.328 e. The molecule has 4 atom stereocenters. The summed E-state index contributed by atoms with van der Waals surface area (Å²) in [7, 11) is 0. The molecule has 9 N–H and O–H groups in total. The summed E-state index contributed by atoms with van der Waals surface area (Å²) >= 11 is 0. The Balaban J connectivity index is 2.75. The Morgan fingerprint density at radius 2 is 1.63 bits per heavy atom. The molecular weight excluding hydrogens is 400 g/mol. The van der Waals surface area contributed by atoms with Crippen LogP contribution in [-0.4, -0.2) is 86.4 Å². The monoisotopic (exact) mass is 428 g/mol. The van der Waals surface area contributed by atoms with Crippen molar-refractivity contribution < 1.29 is 34.5 Å². The standard InChI is InChI=1S/C17H28N6O7/c1-8(2)13(23-14(26)10(18)3-9-4-19-7-20-9)16(28)21-11(5-24)15(27)22-12(6-25)17(29)30/h4,7-8,10-13,24-25H,3,5-6,18H2,1-2H3,(H,19,20)(H,21,28)(H,22,27)(H,23,26)(H,29,30). The van der Waals surface area contributed by atoms with Crippen molar-refractivity contribution in [2.24, 2.45) is 11.7 Å². The zero-order valence-corrected chi connectivity index (χ0v) is 16.7. The summed E-state index contributed by atoms with van der Waals surface area (Å²) in [6, 6.07) is -5.11. The number of aliphatic hydroxyl groups excluding tert-OH is 2. The number of nitrogens with one attached hydrogen (secondary N) is 4. The SMILES string of the molecule is CC(C)C(NC(=O)C(N)Cc1cnc[nH]1)C(=O)NC(CO)C(=O)NC(CO)C(=O)O. The van der Waals surface area contributed by atoms with E-state index in [1.54, 1.807) is 13.8 Å². The normalized spacial score (nSPS) is 15.0. The number of amides is 3. The van der Waals surface area contributed by atoms with Gasteiger partial charge >= 0.3 is 5.97 Å². The third kappa shape index (κ3) is 7.42. The number of aliphatic carboxylic acids is 1. The van der Waals surface area contributed by atoms with Gasteiger partial charge in [0.2, 0.25) is 17.7 Å². The van der Waals surface area contributed by atoms with Crippen LogP contribution in [0.1, 0.15) is 19.5 Å². The average Bonchev–Trinajstić information content (AvgIpc) is 3.19. The summed E-state index contributed by atoms with van der Waals surface area (Å²) in [5.74, 6) is -4.24. The zero-order chi connectivity index (χ0) is 22.8. The highest BCUT2D eigenvalue weighted by Crippen LogP contribution is 2.05. The van der Waals surface area contributed by atoms with Crippen LogP contribution in [0.5, 0.6) is 0 Å². The van der Waals surface area contributed by atoms with Crippen molar-refractivity contribution in [1.29, 1.82) is 0 Å². The Kier molecular flexibility index (Phi) is 9.88. The number of nitrogens with zero attached hydrogens (tertiary/aromatic N) is 1. The zero-order valence-electron chi connectivity index (χ0n) is 16.7. The van der Waals surface area contributed by atoms with Crippen LogP contribution in [0.25, 0.3) is 0 Å². The van der Waals surface area contributed by atoms with Gasteiger partial charge in [0.05, 0.1) is 25.6 Å². The number of carbonyl (C=O) groups is 4. The summed E-state index contributed by atoms with van der Waals surface area (Å²) in [6.45, 7) is 1.62. The Bertz CT molecular complexity index is 724. The van der Waals surface area contributed by atoms with Crippen LogP contribution in [0.4, 0.5) is 0 Å². The topological polar surface area (TPSA) is 220 Å². The van der Waals surface area contributed by atoms with Gasteiger partial charge in [-0.2, -0.15) is 0 Å². The number of hydrogen-bond donors (Lipinski definition) is 8. The molecule has 0 saturated heterocycles. The first-order valence-electron chi connectivity index (χ1n) is 9.19. The van der Waals surface area contributed by atoms with E-state index in [-0.39, 0.29) is 12.3 Å². The van der Waals surface area contributed by atoms with Gasteiger partial charge in [0.1, 0.15) is 18.1 Å². The third-order valence-corrected chi connectivity index (χ3v) is 4.19. The Morgan fingerprint density at radius 3 is 2.10 bits per heavy atom. The molecule has 0 saturated carbocycles. The number of carbonyl (C=O) groups excluding carboxylic acids is 3. The van der Waals surface area contributed by atoms with Crippen LogP contribution in [0.15, 0.2) is 12.5 Å². The smallest absolute Gasteiger partial charge is 0.328 e. The van der Waals surface area contributed by atoms with Crippen molar-refractivity contribution in [3.05, 3.63) is 18.2 Å². The van der Waals surface area contributed by atoms with E-state index in [0.29, 0.717) is 5.69 Å². The van der Waals surface area contributed by atoms with E-state index in [9.17, 15) is 24.3 Å². The molecule has 1 heterocycles. The minimum Gasteiger partial charge on any atom is -0.480 e. The fourth-order valence-electron chi connectivity index (χ4n) is 2.43. The molecule has 30 heavy (non-hydrogen) atoms. The van der Waals surface area contributed by atoms with Gasteiger partial charge in [0.25, 0.3) is 0 Å². The molecule has 0 spiro atoms. The maximum atomic E-state index is 12.6. The van der Waals surface area contributed by atoms with E-state index >= 15 is 0 Å². The molecule has 13 nitrogen and oxygen atoms in total. The van der Waals surface area contributed by atoms with Crippen LogP contribution in [0, 0.1) is 5.92 Å². The van der Waals surface area contributed by atoms with Gasteiger partial charge in [0.15, 0.2) is 0 Å². The molecule has 0 aliphatic heterocycles. The molecule has 1 rings (SSSR count). The highest BCUT2D eigenvalue weighted by Gasteiger charge is 2.31. The molecule has 0 fully saturated rings. The largest absolute Gasteiger partial charge is 0.480 e. The Labute approximate surface area is 172 Å². The van der Waals surface area contributed by atoms with Crippen LogP contribution >= 0.6 is 0 Å². The number of imidazole rings is 1. The van der Waals surface area contributed by atoms with Crippen LogP contribution in [-0.2, 0) is 25.6 Å². The predicted octanol–water partition coefficient (Wildman–Crippen LogP) is -3.54. The first-order chi connectivity index (χ1) is 14.1. The number of carboxylic acid groups (broad SMARTS) is 1. The van der Waals surface area contributed by atoms with Gasteiger partial charge in [-0.05, 0) is 5.92 Å².